The molecule has 3 heterocycles. The molecule has 0 bridgehead atoms. The van der Waals surface area contributed by atoms with Crippen LogP contribution in [0.4, 0.5) is 11.6 Å². The van der Waals surface area contributed by atoms with E-state index in [4.69, 9.17) is 4.74 Å². The number of nitrogens with zero attached hydrogens (tertiary/aromatic N) is 4. The number of anilines is 2. The number of aromatic nitrogens is 2. The number of rotatable bonds is 8. The first-order valence-electron chi connectivity index (χ1n) is 10.8. The maximum Gasteiger partial charge on any atom is 0.227 e. The van der Waals surface area contributed by atoms with Crippen LogP contribution >= 0.6 is 11.8 Å². The van der Waals surface area contributed by atoms with Crippen LogP contribution in [0.5, 0.6) is 0 Å². The fraction of sp³-hybridized carbons (Fsp3) is 0.348. The summed E-state index contributed by atoms with van der Waals surface area (Å²) >= 11 is 1.44. The standard InChI is InChI=1S/C23H27N5O4S2/c1-4-21(28-10-12-32-13-11-28)34(30,31)18-7-5-6-17(14-18)25-23-24-9-8-19(26-23)22-16(2)27(3)20(15-29)33-22/h4-9,14-15,20-21H,1,10-13H2,2-3H3,(H,24,25,26). The summed E-state index contributed by atoms with van der Waals surface area (Å²) in [5.41, 5.74) is 2.20. The number of carbonyl (C=O) groups is 1. The average Bonchev–Trinajstić information content (AvgIpc) is 3.14. The minimum atomic E-state index is -3.69. The third-order valence-electron chi connectivity index (χ3n) is 5.83. The Morgan fingerprint density at radius 2 is 2.06 bits per heavy atom. The lowest BCUT2D eigenvalue weighted by atomic mass is 10.3. The fourth-order valence-corrected chi connectivity index (χ4v) is 6.73. The van der Waals surface area contributed by atoms with Gasteiger partial charge in [0.1, 0.15) is 10.7 Å². The van der Waals surface area contributed by atoms with Crippen molar-refractivity contribution in [2.45, 2.75) is 22.6 Å². The van der Waals surface area contributed by atoms with Crippen LogP contribution in [0.3, 0.4) is 0 Å². The monoisotopic (exact) mass is 501 g/mol. The highest BCUT2D eigenvalue weighted by molar-refractivity contribution is 8.09. The minimum Gasteiger partial charge on any atom is -0.379 e. The first-order chi connectivity index (χ1) is 16.3. The molecule has 1 aromatic heterocycles. The quantitative estimate of drug-likeness (QED) is 0.429. The van der Waals surface area contributed by atoms with Gasteiger partial charge in [-0.1, -0.05) is 23.9 Å². The van der Waals surface area contributed by atoms with E-state index in [1.807, 2.05) is 23.8 Å². The Hall–Kier alpha value is -2.73. The summed E-state index contributed by atoms with van der Waals surface area (Å²) in [6, 6.07) is 8.39. The number of likely N-dealkylation sites (N-methyl/N-ethyl adjacent to an activating group) is 1. The lowest BCUT2D eigenvalue weighted by molar-refractivity contribution is -0.109. The zero-order chi connectivity index (χ0) is 24.3. The molecule has 2 unspecified atom stereocenters. The molecule has 1 N–H and O–H groups in total. The van der Waals surface area contributed by atoms with Gasteiger partial charge in [0.05, 0.1) is 28.7 Å². The molecule has 0 spiro atoms. The van der Waals surface area contributed by atoms with E-state index in [2.05, 4.69) is 21.9 Å². The van der Waals surface area contributed by atoms with E-state index < -0.39 is 15.2 Å². The van der Waals surface area contributed by atoms with Gasteiger partial charge in [0, 0.05) is 37.7 Å². The van der Waals surface area contributed by atoms with Gasteiger partial charge >= 0.3 is 0 Å². The van der Waals surface area contributed by atoms with Gasteiger partial charge in [-0.2, -0.15) is 0 Å². The van der Waals surface area contributed by atoms with Crippen LogP contribution in [-0.4, -0.2) is 78.6 Å². The normalized spacial score (nSPS) is 20.3. The van der Waals surface area contributed by atoms with Crippen LogP contribution in [0.2, 0.25) is 0 Å². The maximum absolute atomic E-state index is 13.4. The van der Waals surface area contributed by atoms with Crippen molar-refractivity contribution in [3.8, 4) is 0 Å². The van der Waals surface area contributed by atoms with Crippen LogP contribution in [0.15, 0.2) is 59.8 Å². The molecule has 2 aliphatic heterocycles. The molecule has 9 nitrogen and oxygen atoms in total. The molecule has 1 aromatic carbocycles. The second-order valence-electron chi connectivity index (χ2n) is 7.91. The van der Waals surface area contributed by atoms with Crippen molar-refractivity contribution in [1.29, 1.82) is 0 Å². The van der Waals surface area contributed by atoms with Crippen molar-refractivity contribution in [2.75, 3.05) is 38.7 Å². The molecular formula is C23H27N5O4S2. The summed E-state index contributed by atoms with van der Waals surface area (Å²) in [6.45, 7) is 7.75. The highest BCUT2D eigenvalue weighted by atomic mass is 32.2. The fourth-order valence-electron chi connectivity index (χ4n) is 3.87. The third kappa shape index (κ3) is 4.88. The summed E-state index contributed by atoms with van der Waals surface area (Å²) in [5, 5.41) is 1.99. The Bertz CT molecular complexity index is 1210. The highest BCUT2D eigenvalue weighted by Gasteiger charge is 2.32. The van der Waals surface area contributed by atoms with Crippen molar-refractivity contribution in [2.24, 2.45) is 0 Å². The van der Waals surface area contributed by atoms with Crippen molar-refractivity contribution in [3.05, 3.63) is 60.6 Å². The van der Waals surface area contributed by atoms with E-state index in [9.17, 15) is 13.2 Å². The van der Waals surface area contributed by atoms with Crippen LogP contribution in [0, 0.1) is 0 Å². The largest absolute Gasteiger partial charge is 0.379 e. The molecule has 0 radical (unpaired) electrons. The van der Waals surface area contributed by atoms with Gasteiger partial charge in [-0.3, -0.25) is 4.90 Å². The minimum absolute atomic E-state index is 0.186. The zero-order valence-electron chi connectivity index (χ0n) is 19.0. The Labute approximate surface area is 203 Å². The molecule has 2 aromatic rings. The molecule has 2 atom stereocenters. The number of sulfone groups is 1. The predicted molar refractivity (Wildman–Crippen MR) is 133 cm³/mol. The predicted octanol–water partition coefficient (Wildman–Crippen LogP) is 2.73. The number of thioether (sulfide) groups is 1. The number of allylic oxidation sites excluding steroid dienone is 1. The second-order valence-corrected chi connectivity index (χ2v) is 11.1. The van der Waals surface area contributed by atoms with Crippen LogP contribution in [-0.2, 0) is 19.4 Å². The SMILES string of the molecule is C=CC(N1CCOCC1)S(=O)(=O)c1cccc(Nc2nccc(C3=C(C)N(C)C(C=O)S3)n2)c1. The number of hydrogen-bond donors (Lipinski definition) is 1. The molecule has 4 rings (SSSR count). The van der Waals surface area contributed by atoms with Crippen molar-refractivity contribution in [3.63, 3.8) is 0 Å². The Balaban J connectivity index is 1.57. The Morgan fingerprint density at radius 3 is 2.74 bits per heavy atom. The van der Waals surface area contributed by atoms with Crippen molar-refractivity contribution < 1.29 is 17.9 Å². The van der Waals surface area contributed by atoms with E-state index in [0.717, 1.165) is 16.9 Å². The lowest BCUT2D eigenvalue weighted by Crippen LogP contribution is -2.46. The molecule has 0 saturated carbocycles. The molecule has 34 heavy (non-hydrogen) atoms. The smallest absolute Gasteiger partial charge is 0.227 e. The molecule has 11 heteroatoms. The van der Waals surface area contributed by atoms with Gasteiger partial charge in [-0.15, -0.1) is 6.58 Å². The molecule has 0 aliphatic carbocycles. The Kier molecular flexibility index (Phi) is 7.36. The molecule has 1 saturated heterocycles. The summed E-state index contributed by atoms with van der Waals surface area (Å²) in [6.07, 6.45) is 4.00. The van der Waals surface area contributed by atoms with E-state index in [1.165, 1.54) is 17.8 Å². The van der Waals surface area contributed by atoms with Gasteiger partial charge < -0.3 is 19.7 Å². The second kappa shape index (κ2) is 10.3. The van der Waals surface area contributed by atoms with E-state index in [0.29, 0.717) is 43.6 Å². The maximum atomic E-state index is 13.4. The van der Waals surface area contributed by atoms with E-state index in [-0.39, 0.29) is 10.3 Å². The Morgan fingerprint density at radius 1 is 1.29 bits per heavy atom. The van der Waals surface area contributed by atoms with Gasteiger partial charge in [-0.25, -0.2) is 18.4 Å². The number of nitrogens with one attached hydrogen (secondary N) is 1. The highest BCUT2D eigenvalue weighted by Crippen LogP contribution is 2.41. The topological polar surface area (TPSA) is 105 Å². The van der Waals surface area contributed by atoms with Crippen LogP contribution < -0.4 is 5.32 Å². The van der Waals surface area contributed by atoms with Crippen molar-refractivity contribution in [1.82, 2.24) is 19.8 Å². The number of hydrogen-bond acceptors (Lipinski definition) is 10. The van der Waals surface area contributed by atoms with Gasteiger partial charge in [-0.05, 0) is 31.2 Å². The molecule has 1 fully saturated rings. The lowest BCUT2D eigenvalue weighted by Gasteiger charge is -2.32. The van der Waals surface area contributed by atoms with Gasteiger partial charge in [0.15, 0.2) is 16.1 Å². The number of ether oxygens (including phenoxy) is 1. The molecular weight excluding hydrogens is 474 g/mol. The first-order valence-corrected chi connectivity index (χ1v) is 13.2. The summed E-state index contributed by atoms with van der Waals surface area (Å²) in [7, 11) is -1.82. The molecule has 180 valence electrons. The number of benzene rings is 1. The van der Waals surface area contributed by atoms with Crippen molar-refractivity contribution >= 4 is 44.4 Å². The summed E-state index contributed by atoms with van der Waals surface area (Å²) in [4.78, 5) is 25.1. The van der Waals surface area contributed by atoms with Gasteiger partial charge in [0.25, 0.3) is 0 Å². The van der Waals surface area contributed by atoms with E-state index in [1.54, 1.807) is 36.5 Å². The third-order valence-corrected chi connectivity index (χ3v) is 9.27. The number of morpholine rings is 1. The number of carbonyl (C=O) groups excluding carboxylic acids is 1. The zero-order valence-corrected chi connectivity index (χ0v) is 20.7. The number of aldehydes is 1. The molecule has 2 aliphatic rings. The average molecular weight is 502 g/mol. The van der Waals surface area contributed by atoms with Gasteiger partial charge in [0.2, 0.25) is 5.95 Å². The summed E-state index contributed by atoms with van der Waals surface area (Å²) < 4.78 is 32.1. The van der Waals surface area contributed by atoms with Crippen LogP contribution in [0.25, 0.3) is 4.91 Å². The summed E-state index contributed by atoms with van der Waals surface area (Å²) in [5.74, 6) is 0.332. The molecule has 0 amide bonds. The van der Waals surface area contributed by atoms with E-state index >= 15 is 0 Å². The first kappa shape index (κ1) is 24.4. The van der Waals surface area contributed by atoms with Crippen LogP contribution in [0.1, 0.15) is 12.6 Å².